The number of amides is 1. The first-order chi connectivity index (χ1) is 8.26. The highest BCUT2D eigenvalue weighted by Crippen LogP contribution is 2.11. The van der Waals surface area contributed by atoms with Gasteiger partial charge in [-0.2, -0.15) is 5.10 Å². The summed E-state index contributed by atoms with van der Waals surface area (Å²) in [4.78, 5) is 11.5. The molecule has 1 amide bonds. The van der Waals surface area contributed by atoms with Gasteiger partial charge in [0.25, 0.3) is 0 Å². The van der Waals surface area contributed by atoms with Gasteiger partial charge in [0.15, 0.2) is 0 Å². The van der Waals surface area contributed by atoms with Crippen molar-refractivity contribution in [2.45, 2.75) is 26.2 Å². The largest absolute Gasteiger partial charge is 0.497 e. The number of benzene rings is 1. The highest BCUT2D eigenvalue weighted by atomic mass is 16.5. The Labute approximate surface area is 102 Å². The molecule has 0 heterocycles. The number of nitrogens with zero attached hydrogens (tertiary/aromatic N) is 1. The molecule has 0 saturated carbocycles. The molecule has 1 N–H and O–H groups in total. The smallest absolute Gasteiger partial charge is 0.244 e. The van der Waals surface area contributed by atoms with Gasteiger partial charge in [-0.25, -0.2) is 5.43 Å². The van der Waals surface area contributed by atoms with E-state index >= 15 is 0 Å². The molecular weight excluding hydrogens is 216 g/mol. The molecule has 92 valence electrons. The highest BCUT2D eigenvalue weighted by Gasteiger charge is 2.01. The number of hydrogen-bond acceptors (Lipinski definition) is 3. The number of rotatable bonds is 6. The van der Waals surface area contributed by atoms with Gasteiger partial charge in [0.1, 0.15) is 5.75 Å². The molecular formula is C13H18N2O2. The molecule has 0 atom stereocenters. The van der Waals surface area contributed by atoms with Gasteiger partial charge in [-0.1, -0.05) is 25.5 Å². The van der Waals surface area contributed by atoms with E-state index in [9.17, 15) is 4.79 Å². The first kappa shape index (κ1) is 13.2. The molecule has 17 heavy (non-hydrogen) atoms. The summed E-state index contributed by atoms with van der Waals surface area (Å²) in [6.45, 7) is 2.06. The van der Waals surface area contributed by atoms with E-state index in [1.54, 1.807) is 13.3 Å². The Kier molecular flexibility index (Phi) is 5.79. The first-order valence-electron chi connectivity index (χ1n) is 5.69. The van der Waals surface area contributed by atoms with Gasteiger partial charge in [-0.15, -0.1) is 0 Å². The molecule has 0 aliphatic heterocycles. The zero-order chi connectivity index (χ0) is 12.5. The number of ether oxygens (including phenoxy) is 1. The molecule has 0 aliphatic rings. The van der Waals surface area contributed by atoms with E-state index in [0.29, 0.717) is 6.42 Å². The Morgan fingerprint density at radius 3 is 2.71 bits per heavy atom. The summed E-state index contributed by atoms with van der Waals surface area (Å²) in [6, 6.07) is 7.41. The van der Waals surface area contributed by atoms with Crippen LogP contribution in [-0.2, 0) is 11.2 Å². The average Bonchev–Trinajstić information content (AvgIpc) is 2.36. The molecule has 1 aromatic carbocycles. The molecule has 0 aliphatic carbocycles. The average molecular weight is 234 g/mol. The van der Waals surface area contributed by atoms with Crippen LogP contribution in [-0.4, -0.2) is 19.2 Å². The van der Waals surface area contributed by atoms with Gasteiger partial charge in [0.2, 0.25) is 5.91 Å². The lowest BCUT2D eigenvalue weighted by Gasteiger charge is -2.02. The third-order valence-corrected chi connectivity index (χ3v) is 2.22. The first-order valence-corrected chi connectivity index (χ1v) is 5.69. The normalized spacial score (nSPS) is 10.5. The fraction of sp³-hybridized carbons (Fsp3) is 0.385. The van der Waals surface area contributed by atoms with Crippen molar-refractivity contribution in [2.24, 2.45) is 5.10 Å². The maximum Gasteiger partial charge on any atom is 0.244 e. The third kappa shape index (κ3) is 5.15. The van der Waals surface area contributed by atoms with E-state index in [0.717, 1.165) is 24.2 Å². The van der Waals surface area contributed by atoms with Gasteiger partial charge in [0.05, 0.1) is 13.5 Å². The van der Waals surface area contributed by atoms with E-state index in [4.69, 9.17) is 4.74 Å². The molecule has 0 bridgehead atoms. The minimum absolute atomic E-state index is 0.109. The van der Waals surface area contributed by atoms with Gasteiger partial charge >= 0.3 is 0 Å². The van der Waals surface area contributed by atoms with Gasteiger partial charge in [0, 0.05) is 6.21 Å². The molecule has 0 fully saturated rings. The monoisotopic (exact) mass is 234 g/mol. The van der Waals surface area contributed by atoms with Crippen LogP contribution in [0.25, 0.3) is 0 Å². The van der Waals surface area contributed by atoms with Gasteiger partial charge in [-0.3, -0.25) is 4.79 Å². The zero-order valence-corrected chi connectivity index (χ0v) is 10.3. The lowest BCUT2D eigenvalue weighted by Crippen LogP contribution is -2.19. The predicted octanol–water partition coefficient (Wildman–Crippen LogP) is 2.14. The van der Waals surface area contributed by atoms with E-state index < -0.39 is 0 Å². The predicted molar refractivity (Wildman–Crippen MR) is 68.2 cm³/mol. The third-order valence-electron chi connectivity index (χ3n) is 2.22. The Morgan fingerprint density at radius 2 is 2.12 bits per heavy atom. The summed E-state index contributed by atoms with van der Waals surface area (Å²) in [6.07, 6.45) is 3.94. The van der Waals surface area contributed by atoms with Crippen LogP contribution in [0.1, 0.15) is 25.3 Å². The summed E-state index contributed by atoms with van der Waals surface area (Å²) < 4.78 is 5.04. The summed E-state index contributed by atoms with van der Waals surface area (Å²) in [5.74, 6) is 0.678. The Hall–Kier alpha value is -1.84. The van der Waals surface area contributed by atoms with Crippen molar-refractivity contribution in [1.82, 2.24) is 5.43 Å². The van der Waals surface area contributed by atoms with Crippen molar-refractivity contribution in [3.8, 4) is 5.75 Å². The summed E-state index contributed by atoms with van der Waals surface area (Å²) in [5.41, 5.74) is 3.43. The molecule has 0 aromatic heterocycles. The second-order valence-electron chi connectivity index (χ2n) is 3.66. The number of carbonyl (C=O) groups excluding carboxylic acids is 1. The van der Waals surface area contributed by atoms with Crippen molar-refractivity contribution in [3.05, 3.63) is 29.8 Å². The van der Waals surface area contributed by atoms with Crippen molar-refractivity contribution in [2.75, 3.05) is 7.11 Å². The van der Waals surface area contributed by atoms with Crippen LogP contribution in [0.15, 0.2) is 29.4 Å². The van der Waals surface area contributed by atoms with E-state index in [-0.39, 0.29) is 5.91 Å². The standard InChI is InChI=1S/C13H18N2O2/c1-3-4-9-14-15-13(16)10-11-5-7-12(17-2)8-6-11/h5-9H,3-4,10H2,1-2H3,(H,15,16)/b14-9+. The van der Waals surface area contributed by atoms with Crippen LogP contribution >= 0.6 is 0 Å². The topological polar surface area (TPSA) is 50.7 Å². The highest BCUT2D eigenvalue weighted by molar-refractivity contribution is 5.79. The number of hydrogen-bond donors (Lipinski definition) is 1. The molecule has 1 aromatic rings. The summed E-state index contributed by atoms with van der Waals surface area (Å²) in [7, 11) is 1.62. The maximum absolute atomic E-state index is 11.5. The SMILES string of the molecule is CCC/C=N/NC(=O)Cc1ccc(OC)cc1. The van der Waals surface area contributed by atoms with Crippen LogP contribution in [0.2, 0.25) is 0 Å². The number of hydrazone groups is 1. The number of carbonyl (C=O) groups is 1. The van der Waals surface area contributed by atoms with Gasteiger partial charge < -0.3 is 4.74 Å². The minimum Gasteiger partial charge on any atom is -0.497 e. The second-order valence-corrected chi connectivity index (χ2v) is 3.66. The fourth-order valence-corrected chi connectivity index (χ4v) is 1.28. The maximum atomic E-state index is 11.5. The van der Waals surface area contributed by atoms with Crippen molar-refractivity contribution < 1.29 is 9.53 Å². The van der Waals surface area contributed by atoms with E-state index in [1.165, 1.54) is 0 Å². The minimum atomic E-state index is -0.109. The molecule has 0 radical (unpaired) electrons. The summed E-state index contributed by atoms with van der Waals surface area (Å²) in [5, 5.41) is 3.84. The van der Waals surface area contributed by atoms with Crippen LogP contribution in [0.5, 0.6) is 5.75 Å². The second kappa shape index (κ2) is 7.44. The van der Waals surface area contributed by atoms with Crippen molar-refractivity contribution >= 4 is 12.1 Å². The Morgan fingerprint density at radius 1 is 1.41 bits per heavy atom. The van der Waals surface area contributed by atoms with Crippen LogP contribution in [0.4, 0.5) is 0 Å². The lowest BCUT2D eigenvalue weighted by atomic mass is 10.1. The van der Waals surface area contributed by atoms with E-state index in [1.807, 2.05) is 24.3 Å². The number of nitrogens with one attached hydrogen (secondary N) is 1. The van der Waals surface area contributed by atoms with Crippen molar-refractivity contribution in [1.29, 1.82) is 0 Å². The fourth-order valence-electron chi connectivity index (χ4n) is 1.28. The Balaban J connectivity index is 2.39. The molecule has 1 rings (SSSR count). The number of unbranched alkanes of at least 4 members (excludes halogenated alkanes) is 1. The number of methoxy groups -OCH3 is 1. The molecule has 4 heteroatoms. The quantitative estimate of drug-likeness (QED) is 0.605. The lowest BCUT2D eigenvalue weighted by molar-refractivity contribution is -0.120. The molecule has 0 spiro atoms. The van der Waals surface area contributed by atoms with Crippen LogP contribution in [0, 0.1) is 0 Å². The molecule has 0 unspecified atom stereocenters. The van der Waals surface area contributed by atoms with Gasteiger partial charge in [-0.05, 0) is 24.1 Å². The van der Waals surface area contributed by atoms with Crippen molar-refractivity contribution in [3.63, 3.8) is 0 Å². The van der Waals surface area contributed by atoms with Crippen LogP contribution in [0.3, 0.4) is 0 Å². The summed E-state index contributed by atoms with van der Waals surface area (Å²) >= 11 is 0. The van der Waals surface area contributed by atoms with E-state index in [2.05, 4.69) is 17.5 Å². The zero-order valence-electron chi connectivity index (χ0n) is 10.3. The Bertz CT molecular complexity index is 372. The molecule has 4 nitrogen and oxygen atoms in total. The van der Waals surface area contributed by atoms with Crippen LogP contribution < -0.4 is 10.2 Å². The molecule has 0 saturated heterocycles.